The van der Waals surface area contributed by atoms with E-state index in [1.807, 2.05) is 0 Å². The molecule has 0 atom stereocenters. The van der Waals surface area contributed by atoms with Gasteiger partial charge in [0, 0.05) is 6.61 Å². The third-order valence-electron chi connectivity index (χ3n) is 1.22. The van der Waals surface area contributed by atoms with E-state index in [1.54, 1.807) is 0 Å². The van der Waals surface area contributed by atoms with Crippen molar-refractivity contribution in [3.8, 4) is 0 Å². The first-order valence-corrected chi connectivity index (χ1v) is 3.15. The molecule has 0 aromatic carbocycles. The molecule has 1 aromatic rings. The van der Waals surface area contributed by atoms with Crippen molar-refractivity contribution < 1.29 is 13.9 Å². The first-order chi connectivity index (χ1) is 5.22. The molecule has 0 bridgehead atoms. The van der Waals surface area contributed by atoms with Crippen molar-refractivity contribution in [3.63, 3.8) is 0 Å². The molecule has 0 aliphatic carbocycles. The number of aliphatic hydroxyl groups is 1. The summed E-state index contributed by atoms with van der Waals surface area (Å²) in [7, 11) is 0. The molecule has 0 aliphatic heterocycles. The Hall–Kier alpha value is -1.03. The molecule has 0 radical (unpaired) electrons. The summed E-state index contributed by atoms with van der Waals surface area (Å²) >= 11 is 0. The van der Waals surface area contributed by atoms with Gasteiger partial charge in [-0.25, -0.2) is 0 Å². The zero-order chi connectivity index (χ0) is 8.27. The van der Waals surface area contributed by atoms with Crippen LogP contribution in [0.15, 0.2) is 12.1 Å². The van der Waals surface area contributed by atoms with Gasteiger partial charge in [0.25, 0.3) is 0 Å². The average Bonchev–Trinajstić information content (AvgIpc) is 1.85. The van der Waals surface area contributed by atoms with Crippen molar-refractivity contribution in [1.29, 1.82) is 0 Å². The number of aliphatic hydroxyl groups excluding tert-OH is 1. The molecular formula is C7H7F2NO. The zero-order valence-corrected chi connectivity index (χ0v) is 5.72. The molecule has 0 amide bonds. The number of hydrogen-bond acceptors (Lipinski definition) is 2. The molecule has 0 aliphatic rings. The summed E-state index contributed by atoms with van der Waals surface area (Å²) in [5, 5.41) is 8.44. The molecule has 60 valence electrons. The zero-order valence-electron chi connectivity index (χ0n) is 5.72. The van der Waals surface area contributed by atoms with Gasteiger partial charge in [-0.05, 0) is 24.1 Å². The van der Waals surface area contributed by atoms with Crippen LogP contribution < -0.4 is 0 Å². The van der Waals surface area contributed by atoms with E-state index >= 15 is 0 Å². The standard InChI is InChI=1S/C7H7F2NO/c8-6-3-5(1-2-11)4-7(9)10-6/h3-4,11H,1-2H2. The van der Waals surface area contributed by atoms with E-state index in [0.717, 1.165) is 12.1 Å². The normalized spacial score (nSPS) is 10.1. The highest BCUT2D eigenvalue weighted by molar-refractivity contribution is 5.11. The minimum absolute atomic E-state index is 0.122. The van der Waals surface area contributed by atoms with Crippen LogP contribution >= 0.6 is 0 Å². The molecule has 1 heterocycles. The summed E-state index contributed by atoms with van der Waals surface area (Å²) in [6.07, 6.45) is 0.246. The van der Waals surface area contributed by atoms with Crippen molar-refractivity contribution in [2.75, 3.05) is 6.61 Å². The van der Waals surface area contributed by atoms with Crippen LogP contribution in [0.4, 0.5) is 8.78 Å². The van der Waals surface area contributed by atoms with Crippen LogP contribution in [0.5, 0.6) is 0 Å². The lowest BCUT2D eigenvalue weighted by atomic mass is 10.2. The Balaban J connectivity index is 2.89. The van der Waals surface area contributed by atoms with Crippen LogP contribution in [0.3, 0.4) is 0 Å². The van der Waals surface area contributed by atoms with Crippen LogP contribution in [0.25, 0.3) is 0 Å². The van der Waals surface area contributed by atoms with Crippen LogP contribution in [0.1, 0.15) is 5.56 Å². The van der Waals surface area contributed by atoms with E-state index in [-0.39, 0.29) is 13.0 Å². The lowest BCUT2D eigenvalue weighted by molar-refractivity contribution is 0.299. The first-order valence-electron chi connectivity index (χ1n) is 3.15. The molecule has 11 heavy (non-hydrogen) atoms. The fourth-order valence-corrected chi connectivity index (χ4v) is 0.788. The molecule has 4 heteroatoms. The second kappa shape index (κ2) is 3.39. The molecule has 0 spiro atoms. The number of rotatable bonds is 2. The van der Waals surface area contributed by atoms with E-state index in [9.17, 15) is 8.78 Å². The van der Waals surface area contributed by atoms with Crippen LogP contribution in [-0.2, 0) is 6.42 Å². The van der Waals surface area contributed by atoms with Gasteiger partial charge in [0.1, 0.15) is 0 Å². The van der Waals surface area contributed by atoms with Crippen molar-refractivity contribution in [3.05, 3.63) is 29.6 Å². The average molecular weight is 159 g/mol. The monoisotopic (exact) mass is 159 g/mol. The highest BCUT2D eigenvalue weighted by Crippen LogP contribution is 2.04. The van der Waals surface area contributed by atoms with Gasteiger partial charge in [-0.3, -0.25) is 0 Å². The van der Waals surface area contributed by atoms with Crippen LogP contribution in [0, 0.1) is 11.9 Å². The van der Waals surface area contributed by atoms with E-state index in [0.29, 0.717) is 5.56 Å². The van der Waals surface area contributed by atoms with Crippen LogP contribution in [0.2, 0.25) is 0 Å². The molecule has 0 fully saturated rings. The molecule has 1 rings (SSSR count). The molecule has 1 aromatic heterocycles. The van der Waals surface area contributed by atoms with Gasteiger partial charge in [-0.1, -0.05) is 0 Å². The Kier molecular flexibility index (Phi) is 2.48. The molecular weight excluding hydrogens is 152 g/mol. The summed E-state index contributed by atoms with van der Waals surface area (Å²) < 4.78 is 24.6. The number of hydrogen-bond donors (Lipinski definition) is 1. The molecule has 0 saturated heterocycles. The highest BCUT2D eigenvalue weighted by atomic mass is 19.1. The second-order valence-electron chi connectivity index (χ2n) is 2.09. The fourth-order valence-electron chi connectivity index (χ4n) is 0.788. The van der Waals surface area contributed by atoms with Crippen LogP contribution in [-0.4, -0.2) is 16.7 Å². The maximum absolute atomic E-state index is 12.3. The Morgan fingerprint density at radius 3 is 2.27 bits per heavy atom. The van der Waals surface area contributed by atoms with Gasteiger partial charge in [-0.2, -0.15) is 13.8 Å². The van der Waals surface area contributed by atoms with Gasteiger partial charge >= 0.3 is 0 Å². The maximum atomic E-state index is 12.3. The third kappa shape index (κ3) is 2.23. The van der Waals surface area contributed by atoms with Gasteiger partial charge in [0.2, 0.25) is 11.9 Å². The largest absolute Gasteiger partial charge is 0.396 e. The second-order valence-corrected chi connectivity index (χ2v) is 2.09. The van der Waals surface area contributed by atoms with E-state index in [2.05, 4.69) is 4.98 Å². The minimum Gasteiger partial charge on any atom is -0.396 e. The van der Waals surface area contributed by atoms with Crippen molar-refractivity contribution in [2.45, 2.75) is 6.42 Å². The topological polar surface area (TPSA) is 33.1 Å². The first kappa shape index (κ1) is 8.07. The lowest BCUT2D eigenvalue weighted by Crippen LogP contribution is -1.95. The van der Waals surface area contributed by atoms with Crippen molar-refractivity contribution >= 4 is 0 Å². The predicted octanol–water partition coefficient (Wildman–Crippen LogP) is 0.895. The van der Waals surface area contributed by atoms with Gasteiger partial charge in [0.05, 0.1) is 0 Å². The SMILES string of the molecule is OCCc1cc(F)nc(F)c1. The fraction of sp³-hybridized carbons (Fsp3) is 0.286. The number of halogens is 2. The van der Waals surface area contributed by atoms with Crippen molar-refractivity contribution in [1.82, 2.24) is 4.98 Å². The van der Waals surface area contributed by atoms with Gasteiger partial charge in [0.15, 0.2) is 0 Å². The number of nitrogens with zero attached hydrogens (tertiary/aromatic N) is 1. The molecule has 2 nitrogen and oxygen atoms in total. The highest BCUT2D eigenvalue weighted by Gasteiger charge is 2.00. The molecule has 0 unspecified atom stereocenters. The smallest absolute Gasteiger partial charge is 0.215 e. The number of pyridine rings is 1. The third-order valence-corrected chi connectivity index (χ3v) is 1.22. The van der Waals surface area contributed by atoms with E-state index < -0.39 is 11.9 Å². The Bertz CT molecular complexity index is 232. The minimum atomic E-state index is -0.853. The van der Waals surface area contributed by atoms with E-state index in [4.69, 9.17) is 5.11 Å². The van der Waals surface area contributed by atoms with Gasteiger partial charge < -0.3 is 5.11 Å². The summed E-state index contributed by atoms with van der Waals surface area (Å²) in [5.74, 6) is -1.71. The Labute approximate surface area is 62.5 Å². The summed E-state index contributed by atoms with van der Waals surface area (Å²) in [5.41, 5.74) is 0.414. The number of aromatic nitrogens is 1. The Morgan fingerprint density at radius 2 is 1.82 bits per heavy atom. The lowest BCUT2D eigenvalue weighted by Gasteiger charge is -1.96. The maximum Gasteiger partial charge on any atom is 0.215 e. The molecule has 1 N–H and O–H groups in total. The van der Waals surface area contributed by atoms with Crippen molar-refractivity contribution in [2.24, 2.45) is 0 Å². The summed E-state index contributed by atoms with van der Waals surface area (Å²) in [6.45, 7) is -0.122. The Morgan fingerprint density at radius 1 is 1.27 bits per heavy atom. The summed E-state index contributed by atoms with van der Waals surface area (Å²) in [6, 6.07) is 2.19. The predicted molar refractivity (Wildman–Crippen MR) is 34.9 cm³/mol. The van der Waals surface area contributed by atoms with E-state index in [1.165, 1.54) is 0 Å². The molecule has 0 saturated carbocycles. The quantitative estimate of drug-likeness (QED) is 0.650. The van der Waals surface area contributed by atoms with Gasteiger partial charge in [-0.15, -0.1) is 0 Å². The summed E-state index contributed by atoms with van der Waals surface area (Å²) in [4.78, 5) is 2.90.